The van der Waals surface area contributed by atoms with Gasteiger partial charge < -0.3 is 15.5 Å². The van der Waals surface area contributed by atoms with Gasteiger partial charge in [-0.25, -0.2) is 0 Å². The lowest BCUT2D eigenvalue weighted by molar-refractivity contribution is -0.134. The zero-order valence-corrected chi connectivity index (χ0v) is 10.6. The monoisotopic (exact) mass is 263 g/mol. The number of nitrogens with two attached hydrogens (primary N) is 1. The average molecular weight is 263 g/mol. The lowest BCUT2D eigenvalue weighted by Gasteiger charge is -2.20. The first-order valence-corrected chi connectivity index (χ1v) is 6.48. The predicted octanol–water partition coefficient (Wildman–Crippen LogP) is -0.678. The van der Waals surface area contributed by atoms with Gasteiger partial charge in [-0.15, -0.1) is 0 Å². The molecule has 1 aromatic heterocycles. The number of carbonyl (C=O) groups excluding carboxylic acids is 2. The zero-order valence-electron chi connectivity index (χ0n) is 10.6. The summed E-state index contributed by atoms with van der Waals surface area (Å²) in [5.41, 5.74) is 6.53. The maximum Gasteiger partial charge on any atom is 0.228 e. The highest BCUT2D eigenvalue weighted by atomic mass is 16.2. The summed E-state index contributed by atoms with van der Waals surface area (Å²) in [6, 6.07) is 0.0750. The fourth-order valence-electron chi connectivity index (χ4n) is 2.76. The first-order valence-electron chi connectivity index (χ1n) is 6.48. The molecule has 102 valence electrons. The topological polar surface area (TPSA) is 95.3 Å². The van der Waals surface area contributed by atoms with E-state index in [4.69, 9.17) is 5.73 Å². The molecule has 3 N–H and O–H groups in total. The van der Waals surface area contributed by atoms with Gasteiger partial charge in [0.05, 0.1) is 17.8 Å². The summed E-state index contributed by atoms with van der Waals surface area (Å²) in [5, 5.41) is 6.50. The van der Waals surface area contributed by atoms with Gasteiger partial charge in [-0.3, -0.25) is 14.7 Å². The minimum absolute atomic E-state index is 0.0248. The van der Waals surface area contributed by atoms with Crippen molar-refractivity contribution in [3.05, 3.63) is 12.4 Å². The molecule has 7 nitrogen and oxygen atoms in total. The summed E-state index contributed by atoms with van der Waals surface area (Å²) >= 11 is 0. The molecule has 19 heavy (non-hydrogen) atoms. The van der Waals surface area contributed by atoms with E-state index < -0.39 is 0 Å². The molecule has 0 spiro atoms. The number of amides is 2. The van der Waals surface area contributed by atoms with Crippen LogP contribution in [0.4, 0.5) is 5.69 Å². The van der Waals surface area contributed by atoms with Gasteiger partial charge in [-0.2, -0.15) is 5.10 Å². The van der Waals surface area contributed by atoms with Crippen LogP contribution >= 0.6 is 0 Å². The lowest BCUT2D eigenvalue weighted by atomic mass is 10.1. The van der Waals surface area contributed by atoms with Gasteiger partial charge in [0.15, 0.2) is 0 Å². The zero-order chi connectivity index (χ0) is 13.4. The molecule has 7 heteroatoms. The molecular formula is C12H17N5O2. The maximum absolute atomic E-state index is 12.3. The van der Waals surface area contributed by atoms with Gasteiger partial charge in [0.25, 0.3) is 0 Å². The molecule has 0 unspecified atom stereocenters. The third-order valence-corrected chi connectivity index (χ3v) is 3.81. The molecule has 3 heterocycles. The van der Waals surface area contributed by atoms with E-state index in [2.05, 4.69) is 10.2 Å². The Morgan fingerprint density at radius 2 is 2.32 bits per heavy atom. The Balaban J connectivity index is 1.68. The minimum atomic E-state index is -0.257. The van der Waals surface area contributed by atoms with Crippen molar-refractivity contribution in [2.24, 2.45) is 11.7 Å². The highest BCUT2D eigenvalue weighted by molar-refractivity contribution is 6.00. The van der Waals surface area contributed by atoms with Crippen LogP contribution in [0.1, 0.15) is 12.8 Å². The Bertz CT molecular complexity index is 486. The average Bonchev–Trinajstić information content (AvgIpc) is 3.07. The largest absolute Gasteiger partial charge is 0.341 e. The summed E-state index contributed by atoms with van der Waals surface area (Å²) in [6.45, 7) is 1.74. The third kappa shape index (κ3) is 2.21. The number of H-pyrrole nitrogens is 1. The van der Waals surface area contributed by atoms with Crippen LogP contribution in [0.5, 0.6) is 0 Å². The van der Waals surface area contributed by atoms with E-state index in [1.165, 1.54) is 0 Å². The van der Waals surface area contributed by atoms with E-state index in [9.17, 15) is 9.59 Å². The standard InChI is InChI=1S/C12H17N5O2/c13-9-1-2-16(7-9)12(19)8-3-11(18)17(6-8)10-4-14-15-5-10/h4-5,8-9H,1-3,6-7,13H2,(H,14,15)/t8-,9-/m0/s1. The second kappa shape index (κ2) is 4.65. The van der Waals surface area contributed by atoms with Crippen LogP contribution in [0.3, 0.4) is 0 Å². The van der Waals surface area contributed by atoms with Crippen molar-refractivity contribution >= 4 is 17.5 Å². The second-order valence-electron chi connectivity index (χ2n) is 5.19. The Kier molecular flexibility index (Phi) is 2.98. The first kappa shape index (κ1) is 12.2. The van der Waals surface area contributed by atoms with Crippen molar-refractivity contribution in [1.29, 1.82) is 0 Å². The van der Waals surface area contributed by atoms with Gasteiger partial charge in [-0.1, -0.05) is 0 Å². The molecular weight excluding hydrogens is 246 g/mol. The Morgan fingerprint density at radius 3 is 2.95 bits per heavy atom. The number of hydrogen-bond donors (Lipinski definition) is 2. The van der Waals surface area contributed by atoms with Gasteiger partial charge in [-0.05, 0) is 6.42 Å². The molecule has 0 radical (unpaired) electrons. The van der Waals surface area contributed by atoms with E-state index in [1.807, 2.05) is 0 Å². The summed E-state index contributed by atoms with van der Waals surface area (Å²) in [7, 11) is 0. The fourth-order valence-corrected chi connectivity index (χ4v) is 2.76. The summed E-state index contributed by atoms with van der Waals surface area (Å²) in [6.07, 6.45) is 4.38. The van der Waals surface area contributed by atoms with Gasteiger partial charge in [0.1, 0.15) is 0 Å². The van der Waals surface area contributed by atoms with Crippen LogP contribution in [-0.4, -0.2) is 52.6 Å². The summed E-state index contributed by atoms with van der Waals surface area (Å²) < 4.78 is 0. The molecule has 2 aliphatic rings. The van der Waals surface area contributed by atoms with Crippen molar-refractivity contribution in [1.82, 2.24) is 15.1 Å². The predicted molar refractivity (Wildman–Crippen MR) is 68.2 cm³/mol. The van der Waals surface area contributed by atoms with E-state index in [0.717, 1.165) is 12.1 Å². The lowest BCUT2D eigenvalue weighted by Crippen LogP contribution is -2.37. The van der Waals surface area contributed by atoms with Gasteiger partial charge >= 0.3 is 0 Å². The van der Waals surface area contributed by atoms with Crippen LogP contribution in [0.2, 0.25) is 0 Å². The van der Waals surface area contributed by atoms with Crippen molar-refractivity contribution in [3.8, 4) is 0 Å². The van der Waals surface area contributed by atoms with E-state index >= 15 is 0 Å². The van der Waals surface area contributed by atoms with Crippen molar-refractivity contribution in [2.75, 3.05) is 24.5 Å². The van der Waals surface area contributed by atoms with Gasteiger partial charge in [0, 0.05) is 38.3 Å². The highest BCUT2D eigenvalue weighted by Crippen LogP contribution is 2.26. The number of rotatable bonds is 2. The fraction of sp³-hybridized carbons (Fsp3) is 0.583. The number of aromatic nitrogens is 2. The van der Waals surface area contributed by atoms with Crippen LogP contribution in [0.15, 0.2) is 12.4 Å². The van der Waals surface area contributed by atoms with E-state index in [0.29, 0.717) is 19.6 Å². The number of anilines is 1. The summed E-state index contributed by atoms with van der Waals surface area (Å²) in [5.74, 6) is -0.233. The molecule has 2 amide bonds. The number of carbonyl (C=O) groups is 2. The molecule has 0 bridgehead atoms. The molecule has 0 aromatic carbocycles. The Labute approximate surface area is 110 Å². The minimum Gasteiger partial charge on any atom is -0.341 e. The molecule has 0 aliphatic carbocycles. The number of nitrogens with one attached hydrogen (secondary N) is 1. The van der Waals surface area contributed by atoms with Crippen LogP contribution in [0.25, 0.3) is 0 Å². The molecule has 3 rings (SSSR count). The number of likely N-dealkylation sites (tertiary alicyclic amines) is 1. The molecule has 1 aromatic rings. The van der Waals surface area contributed by atoms with E-state index in [-0.39, 0.29) is 30.2 Å². The second-order valence-corrected chi connectivity index (χ2v) is 5.19. The SMILES string of the molecule is N[C@H]1CCN(C(=O)[C@H]2CC(=O)N(c3cn[nH]c3)C2)C1. The number of aromatic amines is 1. The molecule has 2 aliphatic heterocycles. The molecule has 2 saturated heterocycles. The molecule has 2 atom stereocenters. The van der Waals surface area contributed by atoms with Crippen molar-refractivity contribution in [2.45, 2.75) is 18.9 Å². The van der Waals surface area contributed by atoms with Crippen LogP contribution < -0.4 is 10.6 Å². The normalized spacial score (nSPS) is 27.3. The van der Waals surface area contributed by atoms with Crippen molar-refractivity contribution in [3.63, 3.8) is 0 Å². The molecule has 0 saturated carbocycles. The van der Waals surface area contributed by atoms with E-state index in [1.54, 1.807) is 22.2 Å². The smallest absolute Gasteiger partial charge is 0.228 e. The Morgan fingerprint density at radius 1 is 1.47 bits per heavy atom. The van der Waals surface area contributed by atoms with Crippen molar-refractivity contribution < 1.29 is 9.59 Å². The van der Waals surface area contributed by atoms with Gasteiger partial charge in [0.2, 0.25) is 11.8 Å². The molecule has 2 fully saturated rings. The first-order chi connectivity index (χ1) is 9.15. The third-order valence-electron chi connectivity index (χ3n) is 3.81. The summed E-state index contributed by atoms with van der Waals surface area (Å²) in [4.78, 5) is 27.7. The quantitative estimate of drug-likeness (QED) is 0.739. The Hall–Kier alpha value is -1.89. The maximum atomic E-state index is 12.3. The highest BCUT2D eigenvalue weighted by Gasteiger charge is 2.38. The van der Waals surface area contributed by atoms with Crippen LogP contribution in [-0.2, 0) is 9.59 Å². The number of nitrogens with zero attached hydrogens (tertiary/aromatic N) is 3. The number of hydrogen-bond acceptors (Lipinski definition) is 4. The van der Waals surface area contributed by atoms with Crippen LogP contribution in [0, 0.1) is 5.92 Å².